The molecule has 0 aliphatic carbocycles. The number of hydrogen-bond acceptors (Lipinski definition) is 4. The van der Waals surface area contributed by atoms with Gasteiger partial charge in [-0.15, -0.1) is 0 Å². The van der Waals surface area contributed by atoms with E-state index >= 15 is 0 Å². The fourth-order valence-electron chi connectivity index (χ4n) is 3.13. The maximum atomic E-state index is 11.8. The van der Waals surface area contributed by atoms with Crippen molar-refractivity contribution in [2.45, 2.75) is 25.9 Å². The van der Waals surface area contributed by atoms with E-state index in [4.69, 9.17) is 4.42 Å². The molecular weight excluding hydrogens is 334 g/mol. The third kappa shape index (κ3) is 2.91. The molecule has 2 atom stereocenters. The van der Waals surface area contributed by atoms with Gasteiger partial charge in [-0.3, -0.25) is 4.90 Å². The highest BCUT2D eigenvalue weighted by Gasteiger charge is 2.30. The van der Waals surface area contributed by atoms with E-state index < -0.39 is 0 Å². The van der Waals surface area contributed by atoms with Gasteiger partial charge in [-0.05, 0) is 42.6 Å². The summed E-state index contributed by atoms with van der Waals surface area (Å²) in [6.07, 6.45) is 1.08. The van der Waals surface area contributed by atoms with Gasteiger partial charge in [0.05, 0.1) is 6.61 Å². The van der Waals surface area contributed by atoms with Crippen molar-refractivity contribution in [3.63, 3.8) is 0 Å². The smallest absolute Gasteiger partial charge is 0.336 e. The van der Waals surface area contributed by atoms with Crippen LogP contribution in [0.15, 0.2) is 37.9 Å². The third-order valence-corrected chi connectivity index (χ3v) is 4.84. The van der Waals surface area contributed by atoms with Crippen LogP contribution in [0.5, 0.6) is 0 Å². The molecular formula is C16H18BrNO3. The molecule has 1 saturated heterocycles. The Morgan fingerprint density at radius 2 is 2.24 bits per heavy atom. The number of halogens is 1. The second-order valence-corrected chi connectivity index (χ2v) is 6.63. The Kier molecular flexibility index (Phi) is 4.15. The first kappa shape index (κ1) is 14.8. The Morgan fingerprint density at radius 3 is 3.00 bits per heavy atom. The molecule has 112 valence electrons. The van der Waals surface area contributed by atoms with Crippen LogP contribution < -0.4 is 5.63 Å². The number of benzene rings is 1. The van der Waals surface area contributed by atoms with Gasteiger partial charge in [0.1, 0.15) is 5.58 Å². The summed E-state index contributed by atoms with van der Waals surface area (Å²) >= 11 is 3.39. The second kappa shape index (κ2) is 5.91. The molecule has 2 aromatic rings. The van der Waals surface area contributed by atoms with Crippen LogP contribution in [0, 0.1) is 5.92 Å². The van der Waals surface area contributed by atoms with E-state index in [9.17, 15) is 9.90 Å². The Bertz CT molecular complexity index is 712. The van der Waals surface area contributed by atoms with Gasteiger partial charge in [0.2, 0.25) is 0 Å². The van der Waals surface area contributed by atoms with E-state index in [1.807, 2.05) is 18.2 Å². The van der Waals surface area contributed by atoms with E-state index in [0.717, 1.165) is 28.4 Å². The summed E-state index contributed by atoms with van der Waals surface area (Å²) in [5.41, 5.74) is 1.23. The summed E-state index contributed by atoms with van der Waals surface area (Å²) in [5.74, 6) is 0.482. The molecule has 0 bridgehead atoms. The number of rotatable bonds is 3. The van der Waals surface area contributed by atoms with Crippen molar-refractivity contribution in [2.75, 3.05) is 13.2 Å². The van der Waals surface area contributed by atoms with Gasteiger partial charge in [-0.25, -0.2) is 4.79 Å². The summed E-state index contributed by atoms with van der Waals surface area (Å²) < 4.78 is 6.16. The van der Waals surface area contributed by atoms with E-state index in [0.29, 0.717) is 18.0 Å². The van der Waals surface area contributed by atoms with Gasteiger partial charge in [0.25, 0.3) is 0 Å². The fraction of sp³-hybridized carbons (Fsp3) is 0.438. The first-order valence-electron chi connectivity index (χ1n) is 7.15. The second-order valence-electron chi connectivity index (χ2n) is 5.72. The first-order chi connectivity index (χ1) is 10.1. The zero-order valence-electron chi connectivity index (χ0n) is 11.9. The van der Waals surface area contributed by atoms with E-state index in [2.05, 4.69) is 27.8 Å². The predicted molar refractivity (Wildman–Crippen MR) is 85.2 cm³/mol. The highest BCUT2D eigenvalue weighted by molar-refractivity contribution is 9.10. The van der Waals surface area contributed by atoms with Crippen molar-refractivity contribution < 1.29 is 9.52 Å². The van der Waals surface area contributed by atoms with Crippen LogP contribution in [-0.4, -0.2) is 29.2 Å². The molecule has 21 heavy (non-hydrogen) atoms. The van der Waals surface area contributed by atoms with Crippen molar-refractivity contribution in [3.8, 4) is 0 Å². The van der Waals surface area contributed by atoms with Crippen LogP contribution in [0.4, 0.5) is 0 Å². The van der Waals surface area contributed by atoms with Crippen LogP contribution in [0.3, 0.4) is 0 Å². The van der Waals surface area contributed by atoms with Crippen LogP contribution >= 0.6 is 15.9 Å². The molecule has 4 nitrogen and oxygen atoms in total. The Hall–Kier alpha value is -1.17. The summed E-state index contributed by atoms with van der Waals surface area (Å²) in [5, 5.41) is 10.5. The van der Waals surface area contributed by atoms with Crippen molar-refractivity contribution >= 4 is 26.9 Å². The van der Waals surface area contributed by atoms with Gasteiger partial charge in [-0.2, -0.15) is 0 Å². The minimum atomic E-state index is -0.330. The number of likely N-dealkylation sites (tertiary alicyclic amines) is 1. The molecule has 0 spiro atoms. The van der Waals surface area contributed by atoms with E-state index in [1.165, 1.54) is 0 Å². The lowest BCUT2D eigenvalue weighted by Gasteiger charge is -2.25. The minimum absolute atomic E-state index is 0.159. The summed E-state index contributed by atoms with van der Waals surface area (Å²) in [7, 11) is 0. The monoisotopic (exact) mass is 351 g/mol. The maximum Gasteiger partial charge on any atom is 0.336 e. The summed E-state index contributed by atoms with van der Waals surface area (Å²) in [4.78, 5) is 14.0. The third-order valence-electron chi connectivity index (χ3n) is 4.35. The molecule has 1 N–H and O–H groups in total. The normalized spacial score (nSPS) is 23.0. The van der Waals surface area contributed by atoms with Crippen LogP contribution in [0.25, 0.3) is 11.0 Å². The molecule has 2 heterocycles. The number of hydrogen-bond donors (Lipinski definition) is 1. The standard InChI is InChI=1S/C16H18BrNO3/c1-10-4-5-18(14(10)9-19)8-11-6-16(20)21-15-7-12(17)2-3-13(11)15/h2-3,6-7,10,14,19H,4-5,8-9H2,1H3. The van der Waals surface area contributed by atoms with Crippen LogP contribution in [0.2, 0.25) is 0 Å². The highest BCUT2D eigenvalue weighted by atomic mass is 79.9. The minimum Gasteiger partial charge on any atom is -0.423 e. The summed E-state index contributed by atoms with van der Waals surface area (Å²) in [6.45, 7) is 3.94. The van der Waals surface area contributed by atoms with E-state index in [1.54, 1.807) is 6.07 Å². The lowest BCUT2D eigenvalue weighted by molar-refractivity contribution is 0.134. The van der Waals surface area contributed by atoms with Crippen molar-refractivity contribution in [2.24, 2.45) is 5.92 Å². The Labute approximate surface area is 131 Å². The lowest BCUT2D eigenvalue weighted by atomic mass is 10.0. The number of nitrogens with zero attached hydrogens (tertiary/aromatic N) is 1. The molecule has 1 aromatic heterocycles. The quantitative estimate of drug-likeness (QED) is 0.864. The molecule has 0 radical (unpaired) electrons. The highest BCUT2D eigenvalue weighted by Crippen LogP contribution is 2.28. The topological polar surface area (TPSA) is 53.7 Å². The number of aliphatic hydroxyl groups excluding tert-OH is 1. The van der Waals surface area contributed by atoms with Crippen LogP contribution in [-0.2, 0) is 6.54 Å². The Morgan fingerprint density at radius 1 is 1.43 bits per heavy atom. The van der Waals surface area contributed by atoms with Gasteiger partial charge in [0.15, 0.2) is 0 Å². The zero-order valence-corrected chi connectivity index (χ0v) is 13.5. The summed E-state index contributed by atoms with van der Waals surface area (Å²) in [6, 6.07) is 7.46. The molecule has 5 heteroatoms. The number of aliphatic hydroxyl groups is 1. The average molecular weight is 352 g/mol. The Balaban J connectivity index is 1.99. The van der Waals surface area contributed by atoms with Gasteiger partial charge < -0.3 is 9.52 Å². The molecule has 1 aliphatic rings. The zero-order chi connectivity index (χ0) is 15.0. The van der Waals surface area contributed by atoms with Gasteiger partial charge >= 0.3 is 5.63 Å². The SMILES string of the molecule is CC1CCN(Cc2cc(=O)oc3cc(Br)ccc23)C1CO. The molecule has 0 saturated carbocycles. The lowest BCUT2D eigenvalue weighted by Crippen LogP contribution is -2.34. The molecule has 0 amide bonds. The largest absolute Gasteiger partial charge is 0.423 e. The van der Waals surface area contributed by atoms with Gasteiger partial charge in [-0.1, -0.05) is 22.9 Å². The van der Waals surface area contributed by atoms with E-state index in [-0.39, 0.29) is 18.3 Å². The molecule has 1 aliphatic heterocycles. The maximum absolute atomic E-state index is 11.8. The number of fused-ring (bicyclic) bond motifs is 1. The predicted octanol–water partition coefficient (Wildman–Crippen LogP) is 2.76. The average Bonchev–Trinajstić information content (AvgIpc) is 2.78. The van der Waals surface area contributed by atoms with Crippen LogP contribution in [0.1, 0.15) is 18.9 Å². The van der Waals surface area contributed by atoms with Crippen molar-refractivity contribution in [3.05, 3.63) is 44.7 Å². The molecule has 1 aromatic carbocycles. The van der Waals surface area contributed by atoms with Crippen molar-refractivity contribution in [1.29, 1.82) is 0 Å². The first-order valence-corrected chi connectivity index (χ1v) is 7.95. The van der Waals surface area contributed by atoms with Gasteiger partial charge in [0, 0.05) is 28.5 Å². The fourth-order valence-corrected chi connectivity index (χ4v) is 3.47. The molecule has 2 unspecified atom stereocenters. The molecule has 3 rings (SSSR count). The van der Waals surface area contributed by atoms with Crippen molar-refractivity contribution in [1.82, 2.24) is 4.90 Å². The molecule has 1 fully saturated rings.